The smallest absolute Gasteiger partial charge is 1.00 e. The molecular formula is C12H22F3N2NbO2. The van der Waals surface area contributed by atoms with Crippen LogP contribution in [0, 0.1) is 0 Å². The third-order valence-electron chi connectivity index (χ3n) is 1.41. The third kappa shape index (κ3) is 36.0. The molecule has 0 saturated heterocycles. The third-order valence-corrected chi connectivity index (χ3v) is 1.41. The van der Waals surface area contributed by atoms with Gasteiger partial charge in [0.25, 0.3) is 0 Å². The molecule has 0 heterocycles. The summed E-state index contributed by atoms with van der Waals surface area (Å²) in [4.78, 5) is 21.0. The van der Waals surface area contributed by atoms with Crippen molar-refractivity contribution in [1.82, 2.24) is 10.6 Å². The molecule has 4 nitrogen and oxygen atoms in total. The van der Waals surface area contributed by atoms with Gasteiger partial charge in [-0.2, -0.15) is 0 Å². The standard InChI is InChI=1S/2C6H11NO.3FH.Nb/c2*1-3-4-6(8)5-7-2;;;;/h2*3-4,7H,5H2,1-2H3;3*1H;/q;;;;;+3/p-3/b2*4-3+;;;;. The minimum atomic E-state index is 0. The van der Waals surface area contributed by atoms with Crippen LogP contribution in [0.15, 0.2) is 24.3 Å². The summed E-state index contributed by atoms with van der Waals surface area (Å²) < 4.78 is 0. The van der Waals surface area contributed by atoms with E-state index < -0.39 is 0 Å². The van der Waals surface area contributed by atoms with Crippen LogP contribution in [0.1, 0.15) is 13.8 Å². The molecule has 20 heavy (non-hydrogen) atoms. The van der Waals surface area contributed by atoms with Crippen LogP contribution in [0.3, 0.4) is 0 Å². The average molecular weight is 376 g/mol. The fourth-order valence-electron chi connectivity index (χ4n) is 0.838. The summed E-state index contributed by atoms with van der Waals surface area (Å²) >= 11 is 0. The molecule has 0 unspecified atom stereocenters. The van der Waals surface area contributed by atoms with Crippen molar-refractivity contribution in [2.45, 2.75) is 13.8 Å². The molecule has 0 aromatic carbocycles. The number of ketones is 2. The monoisotopic (exact) mass is 376 g/mol. The first-order valence-corrected chi connectivity index (χ1v) is 5.22. The first kappa shape index (κ1) is 36.5. The Kier molecular flexibility index (Phi) is 56.5. The number of carbonyl (C=O) groups excluding carboxylic acids is 2. The molecule has 0 atom stereocenters. The van der Waals surface area contributed by atoms with Gasteiger partial charge in [0.05, 0.1) is 13.1 Å². The zero-order chi connectivity index (χ0) is 12.8. The maximum absolute atomic E-state index is 10.5. The predicted molar refractivity (Wildman–Crippen MR) is 67.5 cm³/mol. The SMILES string of the molecule is C/C=C/C(=O)CNC.C/C=C/C(=O)CNC.[F-].[F-].[F-].[Nb+3]. The molecule has 0 aliphatic heterocycles. The van der Waals surface area contributed by atoms with E-state index in [4.69, 9.17) is 0 Å². The maximum Gasteiger partial charge on any atom is 3.00 e. The van der Waals surface area contributed by atoms with E-state index in [1.165, 1.54) is 0 Å². The number of halogens is 3. The van der Waals surface area contributed by atoms with Gasteiger partial charge in [-0.15, -0.1) is 0 Å². The molecule has 0 aliphatic rings. The minimum Gasteiger partial charge on any atom is -1.00 e. The Labute approximate surface area is 134 Å². The summed E-state index contributed by atoms with van der Waals surface area (Å²) in [6, 6.07) is 0. The van der Waals surface area contributed by atoms with Crippen LogP contribution in [-0.4, -0.2) is 38.8 Å². The van der Waals surface area contributed by atoms with Gasteiger partial charge in [-0.25, -0.2) is 0 Å². The van der Waals surface area contributed by atoms with E-state index >= 15 is 0 Å². The number of hydrogen-bond donors (Lipinski definition) is 2. The van der Waals surface area contributed by atoms with Gasteiger partial charge in [-0.05, 0) is 40.1 Å². The Morgan fingerprint density at radius 1 is 0.800 bits per heavy atom. The van der Waals surface area contributed by atoms with E-state index in [1.54, 1.807) is 38.4 Å². The zero-order valence-electron chi connectivity index (χ0n) is 12.1. The van der Waals surface area contributed by atoms with Gasteiger partial charge >= 0.3 is 22.4 Å². The molecule has 0 saturated carbocycles. The maximum atomic E-state index is 10.5. The molecule has 8 heteroatoms. The van der Waals surface area contributed by atoms with Gasteiger partial charge in [-0.3, -0.25) is 9.59 Å². The second-order valence-electron chi connectivity index (χ2n) is 2.99. The Hall–Kier alpha value is -0.730. The Balaban J connectivity index is -0.0000000408. The summed E-state index contributed by atoms with van der Waals surface area (Å²) in [5.41, 5.74) is 0. The molecule has 0 aromatic heterocycles. The van der Waals surface area contributed by atoms with Crippen LogP contribution >= 0.6 is 0 Å². The second-order valence-corrected chi connectivity index (χ2v) is 2.99. The van der Waals surface area contributed by atoms with Gasteiger partial charge in [0.2, 0.25) is 0 Å². The summed E-state index contributed by atoms with van der Waals surface area (Å²) in [6.45, 7) is 4.52. The van der Waals surface area contributed by atoms with Crippen LogP contribution in [0.25, 0.3) is 0 Å². The number of hydrogen-bond acceptors (Lipinski definition) is 4. The predicted octanol–water partition coefficient (Wildman–Crippen LogP) is -8.29. The van der Waals surface area contributed by atoms with E-state index in [2.05, 4.69) is 10.6 Å². The van der Waals surface area contributed by atoms with Crippen molar-refractivity contribution < 1.29 is 46.1 Å². The fraction of sp³-hybridized carbons (Fsp3) is 0.500. The molecule has 0 bridgehead atoms. The molecular weight excluding hydrogens is 354 g/mol. The molecule has 0 radical (unpaired) electrons. The molecule has 0 spiro atoms. The normalized spacial score (nSPS) is 8.20. The number of carbonyl (C=O) groups is 2. The molecule has 0 aromatic rings. The van der Waals surface area contributed by atoms with Crippen molar-refractivity contribution in [2.24, 2.45) is 0 Å². The molecule has 0 aliphatic carbocycles. The molecule has 0 rings (SSSR count). The number of rotatable bonds is 6. The second kappa shape index (κ2) is 30.9. The summed E-state index contributed by atoms with van der Waals surface area (Å²) in [5, 5.41) is 5.50. The molecule has 0 amide bonds. The molecule has 118 valence electrons. The molecule has 0 fully saturated rings. The first-order chi connectivity index (χ1) is 7.62. The topological polar surface area (TPSA) is 58.2 Å². The number of likely N-dealkylation sites (N-methyl/N-ethyl adjacent to an activating group) is 2. The van der Waals surface area contributed by atoms with Gasteiger partial charge in [0, 0.05) is 0 Å². The van der Waals surface area contributed by atoms with Gasteiger partial charge in [-0.1, -0.05) is 12.2 Å². The van der Waals surface area contributed by atoms with E-state index in [0.717, 1.165) is 0 Å². The van der Waals surface area contributed by atoms with Crippen molar-refractivity contribution >= 4 is 11.6 Å². The zero-order valence-corrected chi connectivity index (χ0v) is 14.3. The van der Waals surface area contributed by atoms with Gasteiger partial charge in [0.1, 0.15) is 0 Å². The van der Waals surface area contributed by atoms with Crippen molar-refractivity contribution in [2.75, 3.05) is 27.2 Å². The Morgan fingerprint density at radius 3 is 1.20 bits per heavy atom. The van der Waals surface area contributed by atoms with Crippen LogP contribution < -0.4 is 24.7 Å². The van der Waals surface area contributed by atoms with Crippen molar-refractivity contribution in [3.63, 3.8) is 0 Å². The van der Waals surface area contributed by atoms with E-state index in [9.17, 15) is 9.59 Å². The van der Waals surface area contributed by atoms with E-state index in [0.29, 0.717) is 13.1 Å². The Morgan fingerprint density at radius 2 is 1.05 bits per heavy atom. The summed E-state index contributed by atoms with van der Waals surface area (Å²) in [6.07, 6.45) is 6.58. The quantitative estimate of drug-likeness (QED) is 0.357. The number of nitrogens with one attached hydrogen (secondary N) is 2. The molecule has 2 N–H and O–H groups in total. The van der Waals surface area contributed by atoms with E-state index in [-0.39, 0.29) is 48.1 Å². The van der Waals surface area contributed by atoms with Crippen molar-refractivity contribution in [3.05, 3.63) is 24.3 Å². The summed E-state index contributed by atoms with van der Waals surface area (Å²) in [5.74, 6) is 0.241. The van der Waals surface area contributed by atoms with Gasteiger partial charge < -0.3 is 24.7 Å². The Bertz CT molecular complexity index is 237. The van der Waals surface area contributed by atoms with Crippen molar-refractivity contribution in [3.8, 4) is 0 Å². The van der Waals surface area contributed by atoms with Crippen LogP contribution in [0.2, 0.25) is 0 Å². The minimum absolute atomic E-state index is 0. The van der Waals surface area contributed by atoms with E-state index in [1.807, 2.05) is 13.8 Å². The van der Waals surface area contributed by atoms with Crippen LogP contribution in [0.4, 0.5) is 0 Å². The van der Waals surface area contributed by atoms with Crippen molar-refractivity contribution in [1.29, 1.82) is 0 Å². The van der Waals surface area contributed by atoms with Crippen LogP contribution in [0.5, 0.6) is 0 Å². The summed E-state index contributed by atoms with van der Waals surface area (Å²) in [7, 11) is 3.50. The number of allylic oxidation sites excluding steroid dienone is 2. The largest absolute Gasteiger partial charge is 3.00 e. The average Bonchev–Trinajstić information content (AvgIpc) is 2.20. The first-order valence-electron chi connectivity index (χ1n) is 5.22. The fourth-order valence-corrected chi connectivity index (χ4v) is 0.838. The van der Waals surface area contributed by atoms with Gasteiger partial charge in [0.15, 0.2) is 11.6 Å². The van der Waals surface area contributed by atoms with Crippen LogP contribution in [-0.2, 0) is 32.0 Å².